The van der Waals surface area contributed by atoms with Crippen molar-refractivity contribution in [1.82, 2.24) is 10.2 Å². The van der Waals surface area contributed by atoms with Crippen molar-refractivity contribution in [1.29, 1.82) is 0 Å². The molecule has 2 saturated heterocycles. The first kappa shape index (κ1) is 18.2. The minimum atomic E-state index is -0.0449. The van der Waals surface area contributed by atoms with Gasteiger partial charge in [0, 0.05) is 38.6 Å². The number of morpholine rings is 1. The minimum absolute atomic E-state index is 0.0143. The van der Waals surface area contributed by atoms with Crippen molar-refractivity contribution in [3.8, 4) is 0 Å². The molecule has 0 aromatic carbocycles. The van der Waals surface area contributed by atoms with E-state index >= 15 is 0 Å². The summed E-state index contributed by atoms with van der Waals surface area (Å²) in [4.78, 5) is 14.9. The average molecular weight is 360 g/mol. The molecule has 4 aliphatic rings. The molecule has 1 N–H and O–H groups in total. The Kier molecular flexibility index (Phi) is 5.22. The van der Waals surface area contributed by atoms with Gasteiger partial charge in [0.1, 0.15) is 6.10 Å². The summed E-state index contributed by atoms with van der Waals surface area (Å²) in [6, 6.07) is 0. The van der Waals surface area contributed by atoms with Gasteiger partial charge in [0.25, 0.3) is 0 Å². The maximum absolute atomic E-state index is 12.5. The summed E-state index contributed by atoms with van der Waals surface area (Å²) in [5.41, 5.74) is 3.04. The number of allylic oxidation sites excluding steroid dienone is 3. The molecule has 2 fully saturated rings. The van der Waals surface area contributed by atoms with E-state index in [9.17, 15) is 4.79 Å². The second kappa shape index (κ2) is 7.45. The van der Waals surface area contributed by atoms with Crippen molar-refractivity contribution in [2.45, 2.75) is 39.2 Å². The molecule has 0 aromatic rings. The highest BCUT2D eigenvalue weighted by atomic mass is 16.6. The SMILES string of the molecule is CC1=CCCC2(C)CC3OC(=O)C(CNCCN4CCOCC4)C3C=C12. The van der Waals surface area contributed by atoms with Gasteiger partial charge in [-0.1, -0.05) is 24.6 Å². The Balaban J connectivity index is 1.37. The Hall–Kier alpha value is -1.17. The fourth-order valence-electron chi connectivity index (χ4n) is 5.18. The summed E-state index contributed by atoms with van der Waals surface area (Å²) in [7, 11) is 0. The van der Waals surface area contributed by atoms with E-state index < -0.39 is 0 Å². The van der Waals surface area contributed by atoms with Crippen molar-refractivity contribution >= 4 is 5.97 Å². The number of carbonyl (C=O) groups excluding carboxylic acids is 1. The van der Waals surface area contributed by atoms with Crippen molar-refractivity contribution in [2.24, 2.45) is 17.3 Å². The highest BCUT2D eigenvalue weighted by Gasteiger charge is 2.50. The lowest BCUT2D eigenvalue weighted by molar-refractivity contribution is -0.145. The predicted molar refractivity (Wildman–Crippen MR) is 101 cm³/mol. The molecule has 2 aliphatic carbocycles. The largest absolute Gasteiger partial charge is 0.461 e. The molecule has 26 heavy (non-hydrogen) atoms. The molecule has 0 saturated carbocycles. The van der Waals surface area contributed by atoms with Gasteiger partial charge in [0.05, 0.1) is 19.1 Å². The number of nitrogens with one attached hydrogen (secondary N) is 1. The zero-order valence-corrected chi connectivity index (χ0v) is 16.1. The smallest absolute Gasteiger partial charge is 0.311 e. The summed E-state index contributed by atoms with van der Waals surface area (Å²) in [6.07, 6.45) is 8.06. The maximum atomic E-state index is 12.5. The maximum Gasteiger partial charge on any atom is 0.311 e. The highest BCUT2D eigenvalue weighted by Crippen LogP contribution is 2.52. The molecular weight excluding hydrogens is 328 g/mol. The highest BCUT2D eigenvalue weighted by molar-refractivity contribution is 5.76. The monoisotopic (exact) mass is 360 g/mol. The molecule has 4 atom stereocenters. The molecule has 5 heteroatoms. The number of hydrogen-bond donors (Lipinski definition) is 1. The molecular formula is C21H32N2O3. The van der Waals surface area contributed by atoms with E-state index in [-0.39, 0.29) is 29.3 Å². The Morgan fingerprint density at radius 3 is 2.96 bits per heavy atom. The number of fused-ring (bicyclic) bond motifs is 2. The first-order valence-electron chi connectivity index (χ1n) is 10.2. The van der Waals surface area contributed by atoms with Gasteiger partial charge in [-0.15, -0.1) is 0 Å². The van der Waals surface area contributed by atoms with Crippen LogP contribution in [0.4, 0.5) is 0 Å². The summed E-state index contributed by atoms with van der Waals surface area (Å²) >= 11 is 0. The van der Waals surface area contributed by atoms with E-state index in [1.54, 1.807) is 0 Å². The van der Waals surface area contributed by atoms with Crippen LogP contribution in [0.2, 0.25) is 0 Å². The van der Waals surface area contributed by atoms with E-state index in [1.165, 1.54) is 17.6 Å². The third kappa shape index (κ3) is 3.49. The zero-order valence-electron chi connectivity index (χ0n) is 16.1. The summed E-state index contributed by atoms with van der Waals surface area (Å²) in [5, 5.41) is 3.50. The van der Waals surface area contributed by atoms with Crippen LogP contribution in [0.1, 0.15) is 33.1 Å². The molecule has 0 radical (unpaired) electrons. The van der Waals surface area contributed by atoms with Crippen LogP contribution in [0, 0.1) is 17.3 Å². The zero-order chi connectivity index (χ0) is 18.1. The fourth-order valence-corrected chi connectivity index (χ4v) is 5.18. The van der Waals surface area contributed by atoms with E-state index in [2.05, 4.69) is 36.2 Å². The molecule has 2 aliphatic heterocycles. The number of esters is 1. The summed E-state index contributed by atoms with van der Waals surface area (Å²) < 4.78 is 11.2. The van der Waals surface area contributed by atoms with Gasteiger partial charge in [-0.2, -0.15) is 0 Å². The normalized spacial score (nSPS) is 37.5. The quantitative estimate of drug-likeness (QED) is 0.601. The summed E-state index contributed by atoms with van der Waals surface area (Å²) in [6.45, 7) is 10.9. The van der Waals surface area contributed by atoms with E-state index in [4.69, 9.17) is 9.47 Å². The van der Waals surface area contributed by atoms with E-state index in [1.807, 2.05) is 0 Å². The Labute approximate surface area is 156 Å². The van der Waals surface area contributed by atoms with Crippen molar-refractivity contribution in [2.75, 3.05) is 45.9 Å². The Bertz CT molecular complexity index is 608. The van der Waals surface area contributed by atoms with Gasteiger partial charge in [-0.3, -0.25) is 9.69 Å². The second-order valence-corrected chi connectivity index (χ2v) is 8.59. The van der Waals surface area contributed by atoms with Gasteiger partial charge >= 0.3 is 5.97 Å². The standard InChI is InChI=1S/C21H32N2O3/c1-15-4-3-5-21(2)13-19-16(12-18(15)21)17(20(24)26-19)14-22-6-7-23-8-10-25-11-9-23/h4,12,16-17,19,22H,3,5-11,13-14H2,1-2H3. The van der Waals surface area contributed by atoms with E-state index in [0.29, 0.717) is 6.54 Å². The third-order valence-corrected chi connectivity index (χ3v) is 6.77. The number of ether oxygens (including phenoxy) is 2. The topological polar surface area (TPSA) is 50.8 Å². The van der Waals surface area contributed by atoms with Crippen molar-refractivity contribution < 1.29 is 14.3 Å². The molecule has 0 aromatic heterocycles. The lowest BCUT2D eigenvalue weighted by Crippen LogP contribution is -2.42. The van der Waals surface area contributed by atoms with Crippen LogP contribution >= 0.6 is 0 Å². The lowest BCUT2D eigenvalue weighted by atomic mass is 9.62. The lowest BCUT2D eigenvalue weighted by Gasteiger charge is -2.42. The molecule has 0 amide bonds. The van der Waals surface area contributed by atoms with Gasteiger partial charge in [0.15, 0.2) is 0 Å². The van der Waals surface area contributed by atoms with Crippen LogP contribution in [0.25, 0.3) is 0 Å². The van der Waals surface area contributed by atoms with Crippen LogP contribution in [0.15, 0.2) is 23.3 Å². The predicted octanol–water partition coefficient (Wildman–Crippen LogP) is 2.14. The van der Waals surface area contributed by atoms with Gasteiger partial charge in [-0.25, -0.2) is 0 Å². The molecule has 0 spiro atoms. The molecule has 4 unspecified atom stereocenters. The van der Waals surface area contributed by atoms with E-state index in [0.717, 1.165) is 52.2 Å². The number of rotatable bonds is 5. The Morgan fingerprint density at radius 2 is 2.15 bits per heavy atom. The van der Waals surface area contributed by atoms with Crippen LogP contribution < -0.4 is 5.32 Å². The second-order valence-electron chi connectivity index (χ2n) is 8.59. The Morgan fingerprint density at radius 1 is 1.35 bits per heavy atom. The first-order chi connectivity index (χ1) is 12.6. The van der Waals surface area contributed by atoms with Gasteiger partial charge < -0.3 is 14.8 Å². The number of hydrogen-bond acceptors (Lipinski definition) is 5. The number of nitrogens with zero attached hydrogens (tertiary/aromatic N) is 1. The van der Waals surface area contributed by atoms with Crippen LogP contribution in [-0.4, -0.2) is 62.9 Å². The molecule has 4 rings (SSSR count). The minimum Gasteiger partial charge on any atom is -0.461 e. The molecule has 0 bridgehead atoms. The van der Waals surface area contributed by atoms with Crippen molar-refractivity contribution in [3.63, 3.8) is 0 Å². The number of carbonyl (C=O) groups is 1. The molecule has 144 valence electrons. The van der Waals surface area contributed by atoms with Gasteiger partial charge in [-0.05, 0) is 37.2 Å². The van der Waals surface area contributed by atoms with Crippen LogP contribution in [0.3, 0.4) is 0 Å². The van der Waals surface area contributed by atoms with Gasteiger partial charge in [0.2, 0.25) is 0 Å². The van der Waals surface area contributed by atoms with Crippen molar-refractivity contribution in [3.05, 3.63) is 23.3 Å². The fraction of sp³-hybridized carbons (Fsp3) is 0.762. The summed E-state index contributed by atoms with van der Waals surface area (Å²) in [5.74, 6) is 0.166. The third-order valence-electron chi connectivity index (χ3n) is 6.77. The van der Waals surface area contributed by atoms with Crippen LogP contribution in [-0.2, 0) is 14.3 Å². The first-order valence-corrected chi connectivity index (χ1v) is 10.2. The van der Waals surface area contributed by atoms with Crippen LogP contribution in [0.5, 0.6) is 0 Å². The molecule has 5 nitrogen and oxygen atoms in total. The average Bonchev–Trinajstić information content (AvgIpc) is 2.92. The molecule has 2 heterocycles.